The number of aromatic nitrogens is 2. The number of rotatable bonds is 3. The molecule has 19 heavy (non-hydrogen) atoms. The smallest absolute Gasteiger partial charge is 0.291 e. The van der Waals surface area contributed by atoms with Crippen LogP contribution in [-0.4, -0.2) is 35.3 Å². The fourth-order valence-corrected chi connectivity index (χ4v) is 2.25. The van der Waals surface area contributed by atoms with Gasteiger partial charge in [0.15, 0.2) is 5.82 Å². The number of hydrogen-bond acceptors (Lipinski definition) is 4. The number of nitrogens with zero attached hydrogens (tertiary/aromatic N) is 2. The summed E-state index contributed by atoms with van der Waals surface area (Å²) in [6.45, 7) is 4.98. The van der Waals surface area contributed by atoms with Gasteiger partial charge in [-0.25, -0.2) is 9.37 Å². The molecule has 0 amide bonds. The number of halogens is 1. The van der Waals surface area contributed by atoms with Crippen molar-refractivity contribution in [2.24, 2.45) is 5.73 Å². The van der Waals surface area contributed by atoms with E-state index >= 15 is 0 Å². The molecule has 0 radical (unpaired) electrons. The first-order chi connectivity index (χ1) is 8.95. The largest absolute Gasteiger partial charge is 0.352 e. The molecule has 5 nitrogen and oxygen atoms in total. The summed E-state index contributed by atoms with van der Waals surface area (Å²) in [7, 11) is 0. The van der Waals surface area contributed by atoms with E-state index in [1.54, 1.807) is 6.20 Å². The average Bonchev–Trinajstić information content (AvgIpc) is 2.40. The third-order valence-electron chi connectivity index (χ3n) is 3.73. The van der Waals surface area contributed by atoms with Crippen molar-refractivity contribution in [3.63, 3.8) is 0 Å². The second-order valence-electron chi connectivity index (χ2n) is 5.49. The van der Waals surface area contributed by atoms with E-state index < -0.39 is 5.67 Å². The molecule has 0 bridgehead atoms. The molecule has 1 aliphatic heterocycles. The summed E-state index contributed by atoms with van der Waals surface area (Å²) >= 11 is 0. The van der Waals surface area contributed by atoms with Crippen LogP contribution in [0.15, 0.2) is 11.0 Å². The maximum absolute atomic E-state index is 14.0. The van der Waals surface area contributed by atoms with Crippen LogP contribution < -0.4 is 16.2 Å². The Bertz CT molecular complexity index is 492. The third-order valence-corrected chi connectivity index (χ3v) is 3.73. The van der Waals surface area contributed by atoms with Crippen molar-refractivity contribution in [2.75, 3.05) is 24.5 Å². The molecule has 3 N–H and O–H groups in total. The predicted octanol–water partition coefficient (Wildman–Crippen LogP) is 1.16. The Morgan fingerprint density at radius 2 is 2.16 bits per heavy atom. The molecule has 2 heterocycles. The van der Waals surface area contributed by atoms with Crippen LogP contribution in [0.4, 0.5) is 10.2 Å². The zero-order valence-corrected chi connectivity index (χ0v) is 11.4. The number of hydrogen-bond donors (Lipinski definition) is 2. The van der Waals surface area contributed by atoms with Crippen LogP contribution in [0, 0.1) is 0 Å². The van der Waals surface area contributed by atoms with E-state index in [0.29, 0.717) is 31.7 Å². The van der Waals surface area contributed by atoms with E-state index in [9.17, 15) is 9.18 Å². The van der Waals surface area contributed by atoms with Crippen molar-refractivity contribution in [3.05, 3.63) is 22.2 Å². The standard InChI is InChI=1S/C13H21FN4O/c1-9(2)10-7-16-11(12(19)17-10)18-5-3-13(14,8-15)4-6-18/h7,9H,3-6,8,15H2,1-2H3,(H,17,19). The predicted molar refractivity (Wildman–Crippen MR) is 73.3 cm³/mol. The quantitative estimate of drug-likeness (QED) is 0.862. The molecule has 0 unspecified atom stereocenters. The fourth-order valence-electron chi connectivity index (χ4n) is 2.25. The van der Waals surface area contributed by atoms with Crippen LogP contribution in [0.2, 0.25) is 0 Å². The summed E-state index contributed by atoms with van der Waals surface area (Å²) in [6, 6.07) is 0. The molecule has 0 saturated carbocycles. The Balaban J connectivity index is 2.14. The molecule has 1 aliphatic rings. The molecule has 1 fully saturated rings. The Labute approximate surface area is 112 Å². The van der Waals surface area contributed by atoms with Gasteiger partial charge >= 0.3 is 0 Å². The maximum Gasteiger partial charge on any atom is 0.291 e. The van der Waals surface area contributed by atoms with Gasteiger partial charge in [-0.1, -0.05) is 13.8 Å². The lowest BCUT2D eigenvalue weighted by Crippen LogP contribution is -2.47. The van der Waals surface area contributed by atoms with Crippen molar-refractivity contribution < 1.29 is 4.39 Å². The van der Waals surface area contributed by atoms with Crippen LogP contribution in [-0.2, 0) is 0 Å². The molecular weight excluding hydrogens is 247 g/mol. The van der Waals surface area contributed by atoms with Gasteiger partial charge in [0, 0.05) is 44.4 Å². The molecule has 0 aromatic carbocycles. The van der Waals surface area contributed by atoms with Gasteiger partial charge in [0.25, 0.3) is 5.56 Å². The van der Waals surface area contributed by atoms with Crippen LogP contribution in [0.5, 0.6) is 0 Å². The highest BCUT2D eigenvalue weighted by Crippen LogP contribution is 2.26. The number of anilines is 1. The zero-order chi connectivity index (χ0) is 14.0. The van der Waals surface area contributed by atoms with Gasteiger partial charge in [0.1, 0.15) is 5.67 Å². The number of aromatic amines is 1. The molecule has 6 heteroatoms. The first-order valence-corrected chi connectivity index (χ1v) is 6.68. The monoisotopic (exact) mass is 268 g/mol. The highest BCUT2D eigenvalue weighted by molar-refractivity contribution is 5.37. The molecule has 1 saturated heterocycles. The summed E-state index contributed by atoms with van der Waals surface area (Å²) in [5.41, 5.74) is 4.75. The molecular formula is C13H21FN4O. The van der Waals surface area contributed by atoms with E-state index in [2.05, 4.69) is 9.97 Å². The van der Waals surface area contributed by atoms with Crippen molar-refractivity contribution in [1.82, 2.24) is 9.97 Å². The van der Waals surface area contributed by atoms with Crippen molar-refractivity contribution >= 4 is 5.82 Å². The summed E-state index contributed by atoms with van der Waals surface area (Å²) in [6.07, 6.45) is 2.37. The molecule has 0 atom stereocenters. The summed E-state index contributed by atoms with van der Waals surface area (Å²) < 4.78 is 14.0. The topological polar surface area (TPSA) is 75.0 Å². The Kier molecular flexibility index (Phi) is 3.89. The van der Waals surface area contributed by atoms with Crippen LogP contribution in [0.1, 0.15) is 38.3 Å². The number of nitrogens with one attached hydrogen (secondary N) is 1. The summed E-state index contributed by atoms with van der Waals surface area (Å²) in [5.74, 6) is 0.606. The lowest BCUT2D eigenvalue weighted by Gasteiger charge is -2.35. The normalized spacial score (nSPS) is 18.9. The Morgan fingerprint density at radius 1 is 1.53 bits per heavy atom. The minimum atomic E-state index is -1.29. The summed E-state index contributed by atoms with van der Waals surface area (Å²) in [4.78, 5) is 20.9. The van der Waals surface area contributed by atoms with Gasteiger partial charge in [0.05, 0.1) is 0 Å². The van der Waals surface area contributed by atoms with E-state index in [1.165, 1.54) is 0 Å². The summed E-state index contributed by atoms with van der Waals surface area (Å²) in [5, 5.41) is 0. The lowest BCUT2D eigenvalue weighted by atomic mass is 9.93. The Hall–Kier alpha value is -1.43. The molecule has 0 spiro atoms. The zero-order valence-electron chi connectivity index (χ0n) is 11.4. The number of alkyl halides is 1. The molecule has 106 valence electrons. The number of piperidine rings is 1. The fraction of sp³-hybridized carbons (Fsp3) is 0.692. The van der Waals surface area contributed by atoms with Crippen LogP contribution in [0.3, 0.4) is 0 Å². The van der Waals surface area contributed by atoms with Gasteiger partial charge in [-0.05, 0) is 5.92 Å². The van der Waals surface area contributed by atoms with E-state index in [4.69, 9.17) is 5.73 Å². The van der Waals surface area contributed by atoms with Crippen molar-refractivity contribution in [1.29, 1.82) is 0 Å². The SMILES string of the molecule is CC(C)c1cnc(N2CCC(F)(CN)CC2)c(=O)[nH]1. The highest BCUT2D eigenvalue weighted by Gasteiger charge is 2.34. The van der Waals surface area contributed by atoms with Crippen molar-refractivity contribution in [2.45, 2.75) is 38.3 Å². The lowest BCUT2D eigenvalue weighted by molar-refractivity contribution is 0.135. The van der Waals surface area contributed by atoms with E-state index in [0.717, 1.165) is 5.69 Å². The van der Waals surface area contributed by atoms with Gasteiger partial charge < -0.3 is 15.6 Å². The van der Waals surface area contributed by atoms with Gasteiger partial charge in [-0.2, -0.15) is 0 Å². The van der Waals surface area contributed by atoms with E-state index in [-0.39, 0.29) is 18.0 Å². The molecule has 1 aromatic heterocycles. The van der Waals surface area contributed by atoms with Gasteiger partial charge in [-0.3, -0.25) is 4.79 Å². The minimum Gasteiger partial charge on any atom is -0.352 e. The average molecular weight is 268 g/mol. The number of H-pyrrole nitrogens is 1. The molecule has 1 aromatic rings. The minimum absolute atomic E-state index is 0.0386. The number of nitrogens with two attached hydrogens (primary N) is 1. The molecule has 2 rings (SSSR count). The van der Waals surface area contributed by atoms with Crippen molar-refractivity contribution in [3.8, 4) is 0 Å². The second kappa shape index (κ2) is 5.28. The van der Waals surface area contributed by atoms with Gasteiger partial charge in [-0.15, -0.1) is 0 Å². The first-order valence-electron chi connectivity index (χ1n) is 6.68. The van der Waals surface area contributed by atoms with Crippen LogP contribution >= 0.6 is 0 Å². The van der Waals surface area contributed by atoms with Crippen LogP contribution in [0.25, 0.3) is 0 Å². The second-order valence-corrected chi connectivity index (χ2v) is 5.49. The molecule has 0 aliphatic carbocycles. The third kappa shape index (κ3) is 2.94. The first kappa shape index (κ1) is 14.0. The Morgan fingerprint density at radius 3 is 2.63 bits per heavy atom. The maximum atomic E-state index is 14.0. The highest BCUT2D eigenvalue weighted by atomic mass is 19.1. The van der Waals surface area contributed by atoms with Gasteiger partial charge in [0.2, 0.25) is 0 Å². The van der Waals surface area contributed by atoms with E-state index in [1.807, 2.05) is 18.7 Å².